The van der Waals surface area contributed by atoms with E-state index in [9.17, 15) is 4.79 Å². The number of ether oxygens (including phenoxy) is 1. The molecule has 2 rings (SSSR count). The van der Waals surface area contributed by atoms with Crippen molar-refractivity contribution in [2.75, 3.05) is 44.7 Å². The highest BCUT2D eigenvalue weighted by Crippen LogP contribution is 2.23. The molecule has 0 spiro atoms. The first-order chi connectivity index (χ1) is 9.49. The molecular weight excluding hydrogens is 258 g/mol. The van der Waals surface area contributed by atoms with Gasteiger partial charge in [-0.05, 0) is 13.8 Å². The fraction of sp³-hybridized carbons (Fsp3) is 0.692. The van der Waals surface area contributed by atoms with Gasteiger partial charge in [-0.25, -0.2) is 4.98 Å². The molecule has 7 heteroatoms. The van der Waals surface area contributed by atoms with Crippen LogP contribution in [-0.2, 0) is 0 Å². The molecule has 1 saturated heterocycles. The summed E-state index contributed by atoms with van der Waals surface area (Å²) in [7, 11) is 1.49. The van der Waals surface area contributed by atoms with Gasteiger partial charge in [0.1, 0.15) is 0 Å². The highest BCUT2D eigenvalue weighted by atomic mass is 16.5. The van der Waals surface area contributed by atoms with Crippen molar-refractivity contribution in [3.05, 3.63) is 16.7 Å². The third-order valence-corrected chi connectivity index (χ3v) is 3.93. The second kappa shape index (κ2) is 5.80. The van der Waals surface area contributed by atoms with Crippen molar-refractivity contribution in [2.45, 2.75) is 19.4 Å². The van der Waals surface area contributed by atoms with Crippen LogP contribution in [0, 0.1) is 0 Å². The molecule has 0 atom stereocenters. The molecule has 2 heterocycles. The molecule has 0 aliphatic carbocycles. The monoisotopic (exact) mass is 281 g/mol. The van der Waals surface area contributed by atoms with Crippen molar-refractivity contribution in [1.29, 1.82) is 0 Å². The van der Waals surface area contributed by atoms with E-state index in [-0.39, 0.29) is 16.8 Å². The van der Waals surface area contributed by atoms with Crippen LogP contribution in [0.1, 0.15) is 13.8 Å². The largest absolute Gasteiger partial charge is 0.489 e. The molecule has 1 fully saturated rings. The van der Waals surface area contributed by atoms with Gasteiger partial charge >= 0.3 is 0 Å². The van der Waals surface area contributed by atoms with E-state index >= 15 is 0 Å². The molecule has 0 aromatic carbocycles. The summed E-state index contributed by atoms with van der Waals surface area (Å²) in [5.41, 5.74) is 5.57. The summed E-state index contributed by atoms with van der Waals surface area (Å²) in [4.78, 5) is 22.9. The van der Waals surface area contributed by atoms with Crippen molar-refractivity contribution in [2.24, 2.45) is 5.73 Å². The molecule has 3 N–H and O–H groups in total. The first-order valence-corrected chi connectivity index (χ1v) is 6.81. The zero-order valence-electron chi connectivity index (χ0n) is 12.3. The maximum absolute atomic E-state index is 11.7. The van der Waals surface area contributed by atoms with E-state index < -0.39 is 0 Å². The van der Waals surface area contributed by atoms with Gasteiger partial charge in [0.15, 0.2) is 5.82 Å². The molecule has 0 bridgehead atoms. The minimum atomic E-state index is -0.248. The van der Waals surface area contributed by atoms with Gasteiger partial charge in [0.2, 0.25) is 5.75 Å². The predicted octanol–water partition coefficient (Wildman–Crippen LogP) is -0.362. The van der Waals surface area contributed by atoms with E-state index in [0.717, 1.165) is 26.2 Å². The summed E-state index contributed by atoms with van der Waals surface area (Å²) >= 11 is 0. The third kappa shape index (κ3) is 2.78. The van der Waals surface area contributed by atoms with Crippen LogP contribution in [0.15, 0.2) is 11.1 Å². The fourth-order valence-corrected chi connectivity index (χ4v) is 2.44. The number of aromatic amines is 1. The Morgan fingerprint density at radius 1 is 1.40 bits per heavy atom. The maximum atomic E-state index is 11.7. The normalized spacial score (nSPS) is 17.3. The van der Waals surface area contributed by atoms with Crippen LogP contribution in [0.5, 0.6) is 5.75 Å². The van der Waals surface area contributed by atoms with Gasteiger partial charge in [0.25, 0.3) is 5.56 Å². The van der Waals surface area contributed by atoms with Crippen LogP contribution in [0.2, 0.25) is 0 Å². The molecule has 0 saturated carbocycles. The summed E-state index contributed by atoms with van der Waals surface area (Å²) < 4.78 is 5.16. The van der Waals surface area contributed by atoms with Crippen molar-refractivity contribution >= 4 is 5.82 Å². The van der Waals surface area contributed by atoms with Crippen molar-refractivity contribution in [3.8, 4) is 5.75 Å². The van der Waals surface area contributed by atoms with Crippen LogP contribution in [0.4, 0.5) is 5.82 Å². The number of nitrogens with one attached hydrogen (secondary N) is 1. The Bertz CT molecular complexity index is 506. The molecule has 112 valence electrons. The summed E-state index contributed by atoms with van der Waals surface area (Å²) in [6.07, 6.45) is 1.41. The van der Waals surface area contributed by atoms with Crippen LogP contribution in [0.25, 0.3) is 0 Å². The number of methoxy groups -OCH3 is 1. The number of H-pyrrole nitrogens is 1. The van der Waals surface area contributed by atoms with E-state index in [2.05, 4.69) is 33.6 Å². The highest BCUT2D eigenvalue weighted by Gasteiger charge is 2.30. The quantitative estimate of drug-likeness (QED) is 0.783. The lowest BCUT2D eigenvalue weighted by molar-refractivity contribution is 0.118. The predicted molar refractivity (Wildman–Crippen MR) is 78.3 cm³/mol. The molecule has 20 heavy (non-hydrogen) atoms. The van der Waals surface area contributed by atoms with Gasteiger partial charge in [-0.1, -0.05) is 0 Å². The Hall–Kier alpha value is -1.60. The summed E-state index contributed by atoms with van der Waals surface area (Å²) in [6.45, 7) is 8.30. The maximum Gasteiger partial charge on any atom is 0.295 e. The molecule has 1 aliphatic rings. The van der Waals surface area contributed by atoms with Crippen LogP contribution >= 0.6 is 0 Å². The zero-order chi connectivity index (χ0) is 14.8. The van der Waals surface area contributed by atoms with Gasteiger partial charge in [0.05, 0.1) is 13.4 Å². The molecular formula is C13H23N5O2. The number of rotatable bonds is 4. The third-order valence-electron chi connectivity index (χ3n) is 3.93. The second-order valence-electron chi connectivity index (χ2n) is 5.58. The molecule has 0 radical (unpaired) electrons. The van der Waals surface area contributed by atoms with Gasteiger partial charge in [-0.3, -0.25) is 9.69 Å². The number of aromatic nitrogens is 2. The Kier molecular flexibility index (Phi) is 4.29. The summed E-state index contributed by atoms with van der Waals surface area (Å²) in [6, 6.07) is 0. The van der Waals surface area contributed by atoms with Gasteiger partial charge in [-0.2, -0.15) is 0 Å². The Labute approximate surface area is 118 Å². The molecule has 1 aromatic rings. The topological polar surface area (TPSA) is 87.5 Å². The molecule has 0 unspecified atom stereocenters. The SMILES string of the molecule is COc1c(N2CCN(C(C)(C)CN)CC2)nc[nH]c1=O. The van der Waals surface area contributed by atoms with Gasteiger partial charge in [0, 0.05) is 38.3 Å². The molecule has 1 aliphatic heterocycles. The number of hydrogen-bond donors (Lipinski definition) is 2. The number of nitrogens with zero attached hydrogens (tertiary/aromatic N) is 3. The van der Waals surface area contributed by atoms with E-state index in [1.54, 1.807) is 0 Å². The average Bonchev–Trinajstić information content (AvgIpc) is 2.47. The van der Waals surface area contributed by atoms with Crippen LogP contribution < -0.4 is 20.9 Å². The second-order valence-corrected chi connectivity index (χ2v) is 5.58. The molecule has 1 aromatic heterocycles. The van der Waals surface area contributed by atoms with Crippen molar-refractivity contribution in [3.63, 3.8) is 0 Å². The lowest BCUT2D eigenvalue weighted by Gasteiger charge is -2.43. The Balaban J connectivity index is 2.12. The summed E-state index contributed by atoms with van der Waals surface area (Å²) in [5.74, 6) is 0.889. The number of hydrogen-bond acceptors (Lipinski definition) is 6. The first kappa shape index (κ1) is 14.8. The zero-order valence-corrected chi connectivity index (χ0v) is 12.3. The first-order valence-electron chi connectivity index (χ1n) is 6.81. The number of piperazine rings is 1. The number of nitrogens with two attached hydrogens (primary N) is 1. The van der Waals surface area contributed by atoms with E-state index in [4.69, 9.17) is 10.5 Å². The number of anilines is 1. The lowest BCUT2D eigenvalue weighted by atomic mass is 10.0. The standard InChI is InChI=1S/C13H23N5O2/c1-13(2,8-14)18-6-4-17(5-7-18)11-10(20-3)12(19)16-9-15-11/h9H,4-8,14H2,1-3H3,(H,15,16,19). The van der Waals surface area contributed by atoms with Crippen molar-refractivity contribution in [1.82, 2.24) is 14.9 Å². The van der Waals surface area contributed by atoms with E-state index in [1.165, 1.54) is 13.4 Å². The molecule has 7 nitrogen and oxygen atoms in total. The lowest BCUT2D eigenvalue weighted by Crippen LogP contribution is -2.57. The van der Waals surface area contributed by atoms with E-state index in [1.807, 2.05) is 0 Å². The smallest absolute Gasteiger partial charge is 0.295 e. The highest BCUT2D eigenvalue weighted by molar-refractivity contribution is 5.51. The Morgan fingerprint density at radius 3 is 2.60 bits per heavy atom. The average molecular weight is 281 g/mol. The van der Waals surface area contributed by atoms with Gasteiger partial charge < -0.3 is 20.4 Å². The van der Waals surface area contributed by atoms with E-state index in [0.29, 0.717) is 12.4 Å². The van der Waals surface area contributed by atoms with Gasteiger partial charge in [-0.15, -0.1) is 0 Å². The fourth-order valence-electron chi connectivity index (χ4n) is 2.44. The summed E-state index contributed by atoms with van der Waals surface area (Å²) in [5, 5.41) is 0. The molecule has 0 amide bonds. The van der Waals surface area contributed by atoms with Crippen LogP contribution in [0.3, 0.4) is 0 Å². The van der Waals surface area contributed by atoms with Crippen molar-refractivity contribution < 1.29 is 4.74 Å². The van der Waals surface area contributed by atoms with Crippen LogP contribution in [-0.4, -0.2) is 60.2 Å². The minimum Gasteiger partial charge on any atom is -0.489 e. The minimum absolute atomic E-state index is 0.00222. The Morgan fingerprint density at radius 2 is 2.05 bits per heavy atom.